The van der Waals surface area contributed by atoms with Crippen LogP contribution >= 0.6 is 0 Å². The van der Waals surface area contributed by atoms with Crippen LogP contribution in [-0.4, -0.2) is 28.2 Å². The van der Waals surface area contributed by atoms with Crippen LogP contribution in [0.2, 0.25) is 0 Å². The SMILES string of the molecule is Cc1ccccc1CN1CCC(c2nnc(C(F)(F)F)o2)CC1. The lowest BCUT2D eigenvalue weighted by Crippen LogP contribution is -2.32. The molecule has 0 unspecified atom stereocenters. The first-order valence-electron chi connectivity index (χ1n) is 7.61. The van der Waals surface area contributed by atoms with Crippen molar-refractivity contribution >= 4 is 0 Å². The second-order valence-electron chi connectivity index (χ2n) is 5.92. The quantitative estimate of drug-likeness (QED) is 0.861. The Morgan fingerprint density at radius 3 is 2.48 bits per heavy atom. The number of hydrogen-bond donors (Lipinski definition) is 0. The van der Waals surface area contributed by atoms with Gasteiger partial charge in [-0.25, -0.2) is 0 Å². The lowest BCUT2D eigenvalue weighted by Gasteiger charge is -2.30. The van der Waals surface area contributed by atoms with Gasteiger partial charge in [-0.05, 0) is 44.0 Å². The number of piperidine rings is 1. The van der Waals surface area contributed by atoms with Crippen LogP contribution in [0.3, 0.4) is 0 Å². The highest BCUT2D eigenvalue weighted by molar-refractivity contribution is 5.25. The number of nitrogens with zero attached hydrogens (tertiary/aromatic N) is 3. The number of alkyl halides is 3. The van der Waals surface area contributed by atoms with Gasteiger partial charge in [0.1, 0.15) is 0 Å². The second kappa shape index (κ2) is 6.31. The van der Waals surface area contributed by atoms with Crippen LogP contribution in [0, 0.1) is 6.92 Å². The molecule has 1 aromatic carbocycles. The lowest BCUT2D eigenvalue weighted by atomic mass is 9.96. The number of rotatable bonds is 3. The monoisotopic (exact) mass is 325 g/mol. The van der Waals surface area contributed by atoms with E-state index in [0.29, 0.717) is 0 Å². The second-order valence-corrected chi connectivity index (χ2v) is 5.92. The normalized spacial score (nSPS) is 17.6. The van der Waals surface area contributed by atoms with E-state index in [2.05, 4.69) is 34.2 Å². The predicted molar refractivity (Wildman–Crippen MR) is 77.7 cm³/mol. The molecule has 1 fully saturated rings. The van der Waals surface area contributed by atoms with E-state index in [1.165, 1.54) is 11.1 Å². The number of benzene rings is 1. The smallest absolute Gasteiger partial charge is 0.417 e. The molecule has 23 heavy (non-hydrogen) atoms. The Bertz CT molecular complexity index is 661. The topological polar surface area (TPSA) is 42.2 Å². The summed E-state index contributed by atoms with van der Waals surface area (Å²) in [4.78, 5) is 2.31. The number of likely N-dealkylation sites (tertiary alicyclic amines) is 1. The Kier molecular flexibility index (Phi) is 4.39. The minimum atomic E-state index is -4.57. The zero-order valence-electron chi connectivity index (χ0n) is 12.8. The van der Waals surface area contributed by atoms with Crippen molar-refractivity contribution in [3.8, 4) is 0 Å². The molecule has 124 valence electrons. The lowest BCUT2D eigenvalue weighted by molar-refractivity contribution is -0.157. The van der Waals surface area contributed by atoms with Crippen LogP contribution in [0.1, 0.15) is 41.7 Å². The van der Waals surface area contributed by atoms with Crippen molar-refractivity contribution in [2.75, 3.05) is 13.1 Å². The van der Waals surface area contributed by atoms with E-state index in [1.54, 1.807) is 0 Å². The van der Waals surface area contributed by atoms with Crippen molar-refractivity contribution in [3.05, 3.63) is 47.2 Å². The zero-order valence-corrected chi connectivity index (χ0v) is 12.8. The van der Waals surface area contributed by atoms with Gasteiger partial charge in [-0.3, -0.25) is 4.90 Å². The molecule has 0 bridgehead atoms. The minimum absolute atomic E-state index is 0.0910. The first-order chi connectivity index (χ1) is 10.9. The fraction of sp³-hybridized carbons (Fsp3) is 0.500. The molecule has 1 aliphatic rings. The molecule has 0 aliphatic carbocycles. The number of aromatic nitrogens is 2. The number of aryl methyl sites for hydroxylation is 1. The molecular formula is C16H18F3N3O. The van der Waals surface area contributed by atoms with E-state index < -0.39 is 12.1 Å². The largest absolute Gasteiger partial charge is 0.470 e. The first-order valence-corrected chi connectivity index (χ1v) is 7.61. The summed E-state index contributed by atoms with van der Waals surface area (Å²) in [6, 6.07) is 8.22. The van der Waals surface area contributed by atoms with Crippen LogP contribution < -0.4 is 0 Å². The fourth-order valence-corrected chi connectivity index (χ4v) is 2.88. The molecule has 2 heterocycles. The summed E-state index contributed by atoms with van der Waals surface area (Å²) in [5.74, 6) is -1.24. The van der Waals surface area contributed by atoms with E-state index in [1.807, 2.05) is 12.1 Å². The van der Waals surface area contributed by atoms with Gasteiger partial charge >= 0.3 is 12.1 Å². The number of hydrogen-bond acceptors (Lipinski definition) is 4. The third-order valence-corrected chi connectivity index (χ3v) is 4.28. The average molecular weight is 325 g/mol. The molecule has 2 aromatic rings. The molecule has 1 aliphatic heterocycles. The number of halogens is 3. The van der Waals surface area contributed by atoms with Gasteiger partial charge in [0.2, 0.25) is 5.89 Å². The standard InChI is InChI=1S/C16H18F3N3O/c1-11-4-2-3-5-13(11)10-22-8-6-12(7-9-22)14-20-21-15(23-14)16(17,18)19/h2-5,12H,6-10H2,1H3. The summed E-state index contributed by atoms with van der Waals surface area (Å²) < 4.78 is 42.3. The van der Waals surface area contributed by atoms with Gasteiger partial charge in [-0.2, -0.15) is 13.2 Å². The third kappa shape index (κ3) is 3.72. The molecule has 0 radical (unpaired) electrons. The van der Waals surface area contributed by atoms with Crippen molar-refractivity contribution in [1.82, 2.24) is 15.1 Å². The van der Waals surface area contributed by atoms with Crippen LogP contribution in [0.4, 0.5) is 13.2 Å². The van der Waals surface area contributed by atoms with Gasteiger partial charge in [-0.15, -0.1) is 10.2 Å². The molecule has 0 N–H and O–H groups in total. The fourth-order valence-electron chi connectivity index (χ4n) is 2.88. The van der Waals surface area contributed by atoms with Gasteiger partial charge in [-0.1, -0.05) is 24.3 Å². The van der Waals surface area contributed by atoms with E-state index >= 15 is 0 Å². The highest BCUT2D eigenvalue weighted by Gasteiger charge is 2.39. The first kappa shape index (κ1) is 16.0. The highest BCUT2D eigenvalue weighted by atomic mass is 19.4. The summed E-state index contributed by atoms with van der Waals surface area (Å²) in [5, 5.41) is 6.68. The van der Waals surface area contributed by atoms with Gasteiger partial charge < -0.3 is 4.42 Å². The van der Waals surface area contributed by atoms with E-state index in [-0.39, 0.29) is 11.8 Å². The molecule has 0 saturated carbocycles. The average Bonchev–Trinajstić information content (AvgIpc) is 3.00. The molecule has 0 spiro atoms. The summed E-state index contributed by atoms with van der Waals surface area (Å²) in [6.07, 6.45) is -3.12. The van der Waals surface area contributed by atoms with Crippen molar-refractivity contribution in [1.29, 1.82) is 0 Å². The van der Waals surface area contributed by atoms with E-state index in [9.17, 15) is 13.2 Å². The molecule has 0 atom stereocenters. The van der Waals surface area contributed by atoms with Crippen LogP contribution in [0.15, 0.2) is 28.7 Å². The Hall–Kier alpha value is -1.89. The summed E-state index contributed by atoms with van der Waals surface area (Å²) >= 11 is 0. The van der Waals surface area contributed by atoms with Crippen molar-refractivity contribution in [3.63, 3.8) is 0 Å². The van der Waals surface area contributed by atoms with E-state index in [4.69, 9.17) is 4.42 Å². The van der Waals surface area contributed by atoms with Crippen LogP contribution in [0.5, 0.6) is 0 Å². The maximum atomic E-state index is 12.5. The Morgan fingerprint density at radius 1 is 1.17 bits per heavy atom. The zero-order chi connectivity index (χ0) is 16.4. The highest BCUT2D eigenvalue weighted by Crippen LogP contribution is 2.32. The van der Waals surface area contributed by atoms with Gasteiger partial charge in [0, 0.05) is 12.5 Å². The molecular weight excluding hydrogens is 307 g/mol. The van der Waals surface area contributed by atoms with Crippen molar-refractivity contribution in [2.45, 2.75) is 38.4 Å². The molecule has 0 amide bonds. The van der Waals surface area contributed by atoms with Gasteiger partial charge in [0.05, 0.1) is 0 Å². The van der Waals surface area contributed by atoms with Crippen LogP contribution in [0.25, 0.3) is 0 Å². The molecule has 3 rings (SSSR count). The Morgan fingerprint density at radius 2 is 1.87 bits per heavy atom. The van der Waals surface area contributed by atoms with Crippen LogP contribution in [-0.2, 0) is 12.7 Å². The van der Waals surface area contributed by atoms with Gasteiger partial charge in [0.25, 0.3) is 0 Å². The summed E-state index contributed by atoms with van der Waals surface area (Å²) in [5.41, 5.74) is 2.53. The predicted octanol–water partition coefficient (Wildman–Crippen LogP) is 3.78. The molecule has 7 heteroatoms. The summed E-state index contributed by atoms with van der Waals surface area (Å²) in [6.45, 7) is 4.56. The van der Waals surface area contributed by atoms with Crippen molar-refractivity contribution in [2.24, 2.45) is 0 Å². The maximum absolute atomic E-state index is 12.5. The van der Waals surface area contributed by atoms with Crippen molar-refractivity contribution < 1.29 is 17.6 Å². The molecule has 1 saturated heterocycles. The Labute approximate surface area is 132 Å². The third-order valence-electron chi connectivity index (χ3n) is 4.28. The summed E-state index contributed by atoms with van der Waals surface area (Å²) in [7, 11) is 0. The van der Waals surface area contributed by atoms with Gasteiger partial charge in [0.15, 0.2) is 0 Å². The maximum Gasteiger partial charge on any atom is 0.470 e. The molecule has 4 nitrogen and oxygen atoms in total. The minimum Gasteiger partial charge on any atom is -0.417 e. The molecule has 1 aromatic heterocycles. The Balaban J connectivity index is 1.58. The van der Waals surface area contributed by atoms with E-state index in [0.717, 1.165) is 32.5 Å².